The lowest BCUT2D eigenvalue weighted by Crippen LogP contribution is -2.41. The van der Waals surface area contributed by atoms with Crippen LogP contribution in [0.5, 0.6) is 0 Å². The highest BCUT2D eigenvalue weighted by atomic mass is 32.2. The largest absolute Gasteiger partial charge is 0.376 e. The van der Waals surface area contributed by atoms with Gasteiger partial charge in [-0.2, -0.15) is 0 Å². The summed E-state index contributed by atoms with van der Waals surface area (Å²) >= 11 is 0. The van der Waals surface area contributed by atoms with Gasteiger partial charge in [-0.15, -0.1) is 0 Å². The van der Waals surface area contributed by atoms with Crippen LogP contribution in [0.3, 0.4) is 0 Å². The molecule has 0 saturated heterocycles. The van der Waals surface area contributed by atoms with Crippen LogP contribution in [0.4, 0.5) is 0 Å². The third-order valence-electron chi connectivity index (χ3n) is 3.00. The molecule has 2 unspecified atom stereocenters. The predicted molar refractivity (Wildman–Crippen MR) is 69.9 cm³/mol. The van der Waals surface area contributed by atoms with Gasteiger partial charge < -0.3 is 10.1 Å². The van der Waals surface area contributed by atoms with Gasteiger partial charge in [-0.3, -0.25) is 0 Å². The van der Waals surface area contributed by atoms with Crippen LogP contribution in [0.25, 0.3) is 0 Å². The topological polar surface area (TPSA) is 55.4 Å². The first-order valence-electron chi connectivity index (χ1n) is 6.05. The van der Waals surface area contributed by atoms with Gasteiger partial charge in [0.15, 0.2) is 9.84 Å². The number of nitrogens with one attached hydrogen (secondary N) is 1. The highest BCUT2D eigenvalue weighted by molar-refractivity contribution is 7.91. The predicted octanol–water partition coefficient (Wildman–Crippen LogP) is 1.13. The minimum absolute atomic E-state index is 0.0958. The molecule has 100 valence electrons. The number of rotatable bonds is 7. The highest BCUT2D eigenvalue weighted by Gasteiger charge is 2.34. The van der Waals surface area contributed by atoms with Gasteiger partial charge in [-0.1, -0.05) is 18.6 Å². The summed E-state index contributed by atoms with van der Waals surface area (Å²) < 4.78 is 28.4. The van der Waals surface area contributed by atoms with E-state index in [0.29, 0.717) is 19.8 Å². The van der Waals surface area contributed by atoms with Crippen molar-refractivity contribution in [3.05, 3.63) is 12.2 Å². The normalized spacial score (nSPS) is 25.1. The Labute approximate surface area is 104 Å². The van der Waals surface area contributed by atoms with Crippen molar-refractivity contribution >= 4 is 9.84 Å². The Hall–Kier alpha value is -0.390. The molecule has 0 aromatic heterocycles. The molecule has 0 bridgehead atoms. The van der Waals surface area contributed by atoms with Gasteiger partial charge in [0.25, 0.3) is 0 Å². The molecule has 1 N–H and O–H groups in total. The van der Waals surface area contributed by atoms with Gasteiger partial charge in [0.05, 0.1) is 18.5 Å². The van der Waals surface area contributed by atoms with Crippen LogP contribution in [-0.4, -0.2) is 45.7 Å². The maximum atomic E-state index is 11.5. The van der Waals surface area contributed by atoms with E-state index in [1.54, 1.807) is 0 Å². The zero-order valence-electron chi connectivity index (χ0n) is 10.7. The van der Waals surface area contributed by atoms with Crippen molar-refractivity contribution in [3.8, 4) is 0 Å². The van der Waals surface area contributed by atoms with Crippen molar-refractivity contribution in [1.29, 1.82) is 0 Å². The van der Waals surface area contributed by atoms with Crippen molar-refractivity contribution in [3.63, 3.8) is 0 Å². The molecule has 0 radical (unpaired) electrons. The van der Waals surface area contributed by atoms with Gasteiger partial charge in [0.2, 0.25) is 0 Å². The summed E-state index contributed by atoms with van der Waals surface area (Å²) in [4.78, 5) is 0. The third-order valence-corrected chi connectivity index (χ3v) is 4.67. The molecule has 2 atom stereocenters. The van der Waals surface area contributed by atoms with E-state index >= 15 is 0 Å². The fourth-order valence-electron chi connectivity index (χ4n) is 2.23. The summed E-state index contributed by atoms with van der Waals surface area (Å²) in [7, 11) is -2.93. The fourth-order valence-corrected chi connectivity index (χ4v) is 3.66. The van der Waals surface area contributed by atoms with E-state index in [0.717, 1.165) is 24.8 Å². The zero-order valence-corrected chi connectivity index (χ0v) is 11.6. The van der Waals surface area contributed by atoms with Crippen molar-refractivity contribution in [2.75, 3.05) is 26.0 Å². The maximum Gasteiger partial charge on any atom is 0.151 e. The first kappa shape index (κ1) is 14.7. The smallest absolute Gasteiger partial charge is 0.151 e. The monoisotopic (exact) mass is 261 g/mol. The summed E-state index contributed by atoms with van der Waals surface area (Å²) in [6.45, 7) is 7.54. The molecule has 0 amide bonds. The summed E-state index contributed by atoms with van der Waals surface area (Å²) in [5.74, 6) is 0. The second-order valence-electron chi connectivity index (χ2n) is 4.87. The first-order chi connectivity index (χ1) is 7.91. The summed E-state index contributed by atoms with van der Waals surface area (Å²) in [6.07, 6.45) is 4.04. The van der Waals surface area contributed by atoms with Crippen LogP contribution in [0.15, 0.2) is 12.2 Å². The van der Waals surface area contributed by atoms with Gasteiger partial charge in [0.1, 0.15) is 0 Å². The van der Waals surface area contributed by atoms with E-state index in [2.05, 4.69) is 11.9 Å². The summed E-state index contributed by atoms with van der Waals surface area (Å²) in [5, 5.41) is 3.06. The molecule has 1 rings (SSSR count). The first-order valence-corrected chi connectivity index (χ1v) is 8.01. The van der Waals surface area contributed by atoms with Crippen LogP contribution in [0, 0.1) is 0 Å². The molecule has 17 heavy (non-hydrogen) atoms. The standard InChI is InChI=1S/C12H23NO3S/c1-10(2)9-16-8-7-13-11-5-4-6-12(11)17(3,14)15/h11-13H,1,4-9H2,2-3H3. The minimum atomic E-state index is -2.93. The second-order valence-corrected chi connectivity index (χ2v) is 7.13. The minimum Gasteiger partial charge on any atom is -0.376 e. The average molecular weight is 261 g/mol. The number of hydrogen-bond acceptors (Lipinski definition) is 4. The number of hydrogen-bond donors (Lipinski definition) is 1. The molecule has 1 fully saturated rings. The Balaban J connectivity index is 2.25. The molecule has 0 aliphatic heterocycles. The van der Waals surface area contributed by atoms with E-state index in [1.807, 2.05) is 6.92 Å². The molecule has 4 nitrogen and oxygen atoms in total. The number of ether oxygens (including phenoxy) is 1. The van der Waals surface area contributed by atoms with Crippen LogP contribution >= 0.6 is 0 Å². The maximum absolute atomic E-state index is 11.5. The van der Waals surface area contributed by atoms with Crippen LogP contribution in [0.1, 0.15) is 26.2 Å². The molecular weight excluding hydrogens is 238 g/mol. The van der Waals surface area contributed by atoms with Crippen molar-refractivity contribution in [2.45, 2.75) is 37.5 Å². The van der Waals surface area contributed by atoms with E-state index in [9.17, 15) is 8.42 Å². The van der Waals surface area contributed by atoms with Crippen molar-refractivity contribution in [2.24, 2.45) is 0 Å². The molecule has 0 aromatic carbocycles. The van der Waals surface area contributed by atoms with Crippen LogP contribution in [-0.2, 0) is 14.6 Å². The molecule has 1 aliphatic carbocycles. The average Bonchev–Trinajstić information content (AvgIpc) is 2.64. The molecule has 1 saturated carbocycles. The summed E-state index contributed by atoms with van der Waals surface area (Å²) in [5.41, 5.74) is 1.000. The lowest BCUT2D eigenvalue weighted by molar-refractivity contribution is 0.155. The van der Waals surface area contributed by atoms with E-state index in [4.69, 9.17) is 4.74 Å². The van der Waals surface area contributed by atoms with Gasteiger partial charge >= 0.3 is 0 Å². The van der Waals surface area contributed by atoms with E-state index < -0.39 is 9.84 Å². The molecule has 1 aliphatic rings. The fraction of sp³-hybridized carbons (Fsp3) is 0.833. The Morgan fingerprint density at radius 2 is 2.18 bits per heavy atom. The quantitative estimate of drug-likeness (QED) is 0.551. The Kier molecular flexibility index (Phi) is 5.62. The van der Waals surface area contributed by atoms with Gasteiger partial charge in [-0.05, 0) is 19.8 Å². The van der Waals surface area contributed by atoms with Crippen LogP contribution in [0.2, 0.25) is 0 Å². The van der Waals surface area contributed by atoms with Crippen LogP contribution < -0.4 is 5.32 Å². The molecular formula is C12H23NO3S. The van der Waals surface area contributed by atoms with Crippen molar-refractivity contribution in [1.82, 2.24) is 5.32 Å². The zero-order chi connectivity index (χ0) is 12.9. The third kappa shape index (κ3) is 5.19. The van der Waals surface area contributed by atoms with Crippen molar-refractivity contribution < 1.29 is 13.2 Å². The molecule has 0 heterocycles. The van der Waals surface area contributed by atoms with E-state index in [1.165, 1.54) is 6.26 Å². The lowest BCUT2D eigenvalue weighted by Gasteiger charge is -2.19. The second kappa shape index (κ2) is 6.52. The van der Waals surface area contributed by atoms with E-state index in [-0.39, 0.29) is 11.3 Å². The Morgan fingerprint density at radius 1 is 1.47 bits per heavy atom. The molecule has 0 aromatic rings. The lowest BCUT2D eigenvalue weighted by atomic mass is 10.2. The van der Waals surface area contributed by atoms with Gasteiger partial charge in [0, 0.05) is 18.8 Å². The highest BCUT2D eigenvalue weighted by Crippen LogP contribution is 2.24. The summed E-state index contributed by atoms with van der Waals surface area (Å²) in [6, 6.07) is 0.0958. The number of sulfone groups is 1. The SMILES string of the molecule is C=C(C)COCCNC1CCCC1S(C)(=O)=O. The van der Waals surface area contributed by atoms with Gasteiger partial charge in [-0.25, -0.2) is 8.42 Å². The molecule has 5 heteroatoms. The molecule has 0 spiro atoms. The Morgan fingerprint density at radius 3 is 2.76 bits per heavy atom. The Bertz CT molecular complexity index is 351.